The smallest absolute Gasteiger partial charge is 0.414 e. The maximum absolute atomic E-state index is 15.1. The number of amides is 2. The number of hydroxylamine groups is 1. The minimum Gasteiger partial charge on any atom is -0.442 e. The van der Waals surface area contributed by atoms with Crippen molar-refractivity contribution in [1.82, 2.24) is 14.8 Å². The first-order valence-electron chi connectivity index (χ1n) is 11.1. The Kier molecular flexibility index (Phi) is 9.29. The van der Waals surface area contributed by atoms with Crippen LogP contribution in [0.15, 0.2) is 47.6 Å². The molecule has 1 aliphatic rings. The molecule has 0 aliphatic carbocycles. The summed E-state index contributed by atoms with van der Waals surface area (Å²) >= 11 is 0. The molecule has 0 unspecified atom stereocenters. The fraction of sp³-hybridized carbons (Fsp3) is 0.409. The second-order valence-corrected chi connectivity index (χ2v) is 9.61. The van der Waals surface area contributed by atoms with Gasteiger partial charge in [-0.05, 0) is 37.3 Å². The zero-order valence-corrected chi connectivity index (χ0v) is 20.8. The Morgan fingerprint density at radius 3 is 2.68 bits per heavy atom. The number of ether oxygens (including phenoxy) is 1. The first-order valence-corrected chi connectivity index (χ1v) is 12.6. The first-order chi connectivity index (χ1) is 17.6. The quantitative estimate of drug-likeness (QED) is 0.402. The van der Waals surface area contributed by atoms with Gasteiger partial charge in [-0.3, -0.25) is 19.5 Å². The minimum absolute atomic E-state index is 0.0555. The standard InChI is InChI=1S/C22H26F3N5O6S/c1-3-28(9-10-30(35-2)37(33,34)17-5-4-8-26-13-17)19-7-6-15(11-18(19)23)29-14-16(36-22(29)32)12-27-21(31)20(24)25/h4-8,11,13,16,20H,3,9-10,12,14H2,1-2H3,(H,27,31)/t16-/m0/s1. The van der Waals surface area contributed by atoms with Crippen molar-refractivity contribution in [2.24, 2.45) is 0 Å². The number of hydrogen-bond donors (Lipinski definition) is 1. The molecule has 15 heteroatoms. The second kappa shape index (κ2) is 12.2. The van der Waals surface area contributed by atoms with E-state index in [1.165, 1.54) is 43.8 Å². The predicted octanol–water partition coefficient (Wildman–Crippen LogP) is 2.01. The number of likely N-dealkylation sites (N-methyl/N-ethyl adjacent to an activating group) is 1. The van der Waals surface area contributed by atoms with Gasteiger partial charge in [0.15, 0.2) is 0 Å². The van der Waals surface area contributed by atoms with Gasteiger partial charge in [-0.2, -0.15) is 8.78 Å². The van der Waals surface area contributed by atoms with Crippen LogP contribution in [0.5, 0.6) is 0 Å². The molecule has 37 heavy (non-hydrogen) atoms. The van der Waals surface area contributed by atoms with Gasteiger partial charge in [-0.1, -0.05) is 4.47 Å². The van der Waals surface area contributed by atoms with E-state index in [9.17, 15) is 26.8 Å². The third-order valence-electron chi connectivity index (χ3n) is 5.50. The lowest BCUT2D eigenvalue weighted by Gasteiger charge is -2.27. The van der Waals surface area contributed by atoms with E-state index in [4.69, 9.17) is 9.57 Å². The number of alkyl halides is 2. The lowest BCUT2D eigenvalue weighted by atomic mass is 10.2. The molecule has 11 nitrogen and oxygen atoms in total. The molecule has 0 saturated carbocycles. The zero-order chi connectivity index (χ0) is 27.2. The number of nitrogens with zero attached hydrogens (tertiary/aromatic N) is 4. The molecular formula is C22H26F3N5O6S. The van der Waals surface area contributed by atoms with Crippen LogP contribution in [0, 0.1) is 5.82 Å². The van der Waals surface area contributed by atoms with Crippen LogP contribution < -0.4 is 15.1 Å². The maximum Gasteiger partial charge on any atom is 0.414 e. The predicted molar refractivity (Wildman–Crippen MR) is 126 cm³/mol. The Morgan fingerprint density at radius 1 is 1.32 bits per heavy atom. The molecule has 0 spiro atoms. The Balaban J connectivity index is 1.67. The third-order valence-corrected chi connectivity index (χ3v) is 7.20. The number of hydrogen-bond acceptors (Lipinski definition) is 8. The molecule has 2 aromatic rings. The van der Waals surface area contributed by atoms with Gasteiger partial charge in [-0.25, -0.2) is 17.6 Å². The van der Waals surface area contributed by atoms with E-state index in [2.05, 4.69) is 4.98 Å². The van der Waals surface area contributed by atoms with E-state index < -0.39 is 40.4 Å². The number of aromatic nitrogens is 1. The molecule has 0 bridgehead atoms. The Bertz CT molecular complexity index is 1200. The summed E-state index contributed by atoms with van der Waals surface area (Å²) in [6, 6.07) is 6.88. The number of cyclic esters (lactones) is 1. The second-order valence-electron chi connectivity index (χ2n) is 7.78. The van der Waals surface area contributed by atoms with Crippen molar-refractivity contribution < 1.29 is 40.8 Å². The number of carbonyl (C=O) groups is 2. The Hall–Kier alpha value is -3.43. The van der Waals surface area contributed by atoms with E-state index in [1.807, 2.05) is 5.32 Å². The van der Waals surface area contributed by atoms with Crippen molar-refractivity contribution >= 4 is 33.4 Å². The normalized spacial score (nSPS) is 15.8. The van der Waals surface area contributed by atoms with Crippen LogP contribution in [-0.4, -0.2) is 82.2 Å². The van der Waals surface area contributed by atoms with E-state index in [1.54, 1.807) is 11.8 Å². The Morgan fingerprint density at radius 2 is 2.08 bits per heavy atom. The highest BCUT2D eigenvalue weighted by atomic mass is 32.2. The monoisotopic (exact) mass is 545 g/mol. The summed E-state index contributed by atoms with van der Waals surface area (Å²) in [6.45, 7) is 1.67. The topological polar surface area (TPSA) is 121 Å². The largest absolute Gasteiger partial charge is 0.442 e. The summed E-state index contributed by atoms with van der Waals surface area (Å²) < 4.78 is 71.2. The van der Waals surface area contributed by atoms with E-state index in [-0.39, 0.29) is 42.4 Å². The van der Waals surface area contributed by atoms with Crippen LogP contribution >= 0.6 is 0 Å². The molecule has 1 saturated heterocycles. The molecule has 3 rings (SSSR count). The summed E-state index contributed by atoms with van der Waals surface area (Å²) in [6.07, 6.45) is -2.26. The van der Waals surface area contributed by atoms with Gasteiger partial charge in [0.05, 0.1) is 38.1 Å². The number of anilines is 2. The van der Waals surface area contributed by atoms with Crippen molar-refractivity contribution in [3.05, 3.63) is 48.5 Å². The molecule has 202 valence electrons. The molecule has 1 aliphatic heterocycles. The number of pyridine rings is 1. The van der Waals surface area contributed by atoms with Crippen molar-refractivity contribution in [3.8, 4) is 0 Å². The average molecular weight is 546 g/mol. The van der Waals surface area contributed by atoms with Crippen molar-refractivity contribution in [2.45, 2.75) is 24.3 Å². The summed E-state index contributed by atoms with van der Waals surface area (Å²) in [5.41, 5.74) is 0.331. The zero-order valence-electron chi connectivity index (χ0n) is 20.0. The van der Waals surface area contributed by atoms with Crippen LogP contribution in [0.25, 0.3) is 0 Å². The first kappa shape index (κ1) is 28.1. The molecule has 0 radical (unpaired) electrons. The fourth-order valence-corrected chi connectivity index (χ4v) is 4.83. The molecule has 2 amide bonds. The van der Waals surface area contributed by atoms with Crippen LogP contribution in [0.2, 0.25) is 0 Å². The molecular weight excluding hydrogens is 519 g/mol. The number of nitrogens with one attached hydrogen (secondary N) is 1. The van der Waals surface area contributed by atoms with Crippen LogP contribution in [-0.2, 0) is 24.4 Å². The average Bonchev–Trinajstić information content (AvgIpc) is 3.26. The van der Waals surface area contributed by atoms with Gasteiger partial charge >= 0.3 is 12.5 Å². The lowest BCUT2D eigenvalue weighted by Crippen LogP contribution is -2.38. The van der Waals surface area contributed by atoms with Crippen molar-refractivity contribution in [1.29, 1.82) is 0 Å². The molecule has 1 atom stereocenters. The van der Waals surface area contributed by atoms with Gasteiger partial charge in [0.2, 0.25) is 0 Å². The Labute approximate surface area is 211 Å². The van der Waals surface area contributed by atoms with Gasteiger partial charge in [0.25, 0.3) is 15.9 Å². The highest BCUT2D eigenvalue weighted by molar-refractivity contribution is 7.89. The summed E-state index contributed by atoms with van der Waals surface area (Å²) in [5.74, 6) is -2.16. The molecule has 1 aromatic carbocycles. The van der Waals surface area contributed by atoms with Crippen molar-refractivity contribution in [2.75, 3.05) is 49.6 Å². The highest BCUT2D eigenvalue weighted by Gasteiger charge is 2.33. The van der Waals surface area contributed by atoms with Gasteiger partial charge < -0.3 is 15.0 Å². The fourth-order valence-electron chi connectivity index (χ4n) is 3.63. The summed E-state index contributed by atoms with van der Waals surface area (Å²) in [4.78, 5) is 34.8. The maximum atomic E-state index is 15.1. The summed E-state index contributed by atoms with van der Waals surface area (Å²) in [7, 11) is -2.78. The number of benzene rings is 1. The number of rotatable bonds is 12. The molecule has 2 heterocycles. The third kappa shape index (κ3) is 6.67. The van der Waals surface area contributed by atoms with Gasteiger partial charge in [0, 0.05) is 25.5 Å². The summed E-state index contributed by atoms with van der Waals surface area (Å²) in [5, 5.41) is 1.97. The number of carbonyl (C=O) groups excluding carboxylic acids is 2. The van der Waals surface area contributed by atoms with Crippen LogP contribution in [0.3, 0.4) is 0 Å². The highest BCUT2D eigenvalue weighted by Crippen LogP contribution is 2.28. The van der Waals surface area contributed by atoms with E-state index in [0.717, 1.165) is 15.4 Å². The van der Waals surface area contributed by atoms with Gasteiger partial charge in [-0.15, -0.1) is 0 Å². The van der Waals surface area contributed by atoms with Crippen LogP contribution in [0.4, 0.5) is 29.3 Å². The molecule has 1 N–H and O–H groups in total. The number of halogens is 3. The van der Waals surface area contributed by atoms with Crippen LogP contribution in [0.1, 0.15) is 6.92 Å². The SMILES string of the molecule is CCN(CCN(OC)S(=O)(=O)c1cccnc1)c1ccc(N2C[C@H](CNC(=O)C(F)F)OC2=O)cc1F. The molecule has 1 fully saturated rings. The molecule has 1 aromatic heterocycles. The van der Waals surface area contributed by atoms with E-state index in [0.29, 0.717) is 6.54 Å². The lowest BCUT2D eigenvalue weighted by molar-refractivity contribution is -0.132. The minimum atomic E-state index is -3.99. The number of sulfonamides is 1. The van der Waals surface area contributed by atoms with E-state index >= 15 is 4.39 Å². The van der Waals surface area contributed by atoms with Gasteiger partial charge in [0.1, 0.15) is 16.8 Å². The van der Waals surface area contributed by atoms with Crippen molar-refractivity contribution in [3.63, 3.8) is 0 Å².